The van der Waals surface area contributed by atoms with Crippen LogP contribution in [0.2, 0.25) is 5.02 Å². The summed E-state index contributed by atoms with van der Waals surface area (Å²) in [7, 11) is 0. The monoisotopic (exact) mass is 508 g/mol. The van der Waals surface area contributed by atoms with Crippen LogP contribution in [0, 0.1) is 5.92 Å². The maximum absolute atomic E-state index is 13.1. The number of ether oxygens (including phenoxy) is 1. The van der Waals surface area contributed by atoms with Gasteiger partial charge in [-0.25, -0.2) is 0 Å². The van der Waals surface area contributed by atoms with E-state index in [4.69, 9.17) is 16.3 Å². The van der Waals surface area contributed by atoms with Gasteiger partial charge in [0.05, 0.1) is 4.47 Å². The molecule has 168 valence electrons. The van der Waals surface area contributed by atoms with Crippen LogP contribution >= 0.6 is 27.5 Å². The van der Waals surface area contributed by atoms with Crippen molar-refractivity contribution in [3.63, 3.8) is 0 Å². The second kappa shape index (κ2) is 12.1. The fourth-order valence-corrected chi connectivity index (χ4v) is 3.69. The quantitative estimate of drug-likeness (QED) is 0.477. The number of nitrogens with zero attached hydrogens (tertiary/aromatic N) is 1. The van der Waals surface area contributed by atoms with E-state index in [9.17, 15) is 9.59 Å². The molecule has 5 nitrogen and oxygen atoms in total. The first kappa shape index (κ1) is 25.2. The molecule has 2 rings (SSSR count). The second-order valence-electron chi connectivity index (χ2n) is 7.84. The van der Waals surface area contributed by atoms with Gasteiger partial charge in [-0.15, -0.1) is 0 Å². The Morgan fingerprint density at radius 1 is 1.16 bits per heavy atom. The molecule has 2 aromatic rings. The first-order valence-corrected chi connectivity index (χ1v) is 11.6. The molecule has 0 heterocycles. The number of carbonyl (C=O) groups excluding carboxylic acids is 2. The van der Waals surface area contributed by atoms with Crippen LogP contribution in [0.5, 0.6) is 5.75 Å². The van der Waals surface area contributed by atoms with Crippen LogP contribution in [0.3, 0.4) is 0 Å². The summed E-state index contributed by atoms with van der Waals surface area (Å²) in [5.74, 6) is 0.400. The van der Waals surface area contributed by atoms with Gasteiger partial charge >= 0.3 is 0 Å². The van der Waals surface area contributed by atoms with Crippen LogP contribution < -0.4 is 10.1 Å². The SMILES string of the molecule is CCc1ccc(OCC(=O)N(Cc2ccccc2Cl)[C@H](C)C(=O)NCC(C)C)c(Br)c1. The zero-order valence-electron chi connectivity index (χ0n) is 18.5. The lowest BCUT2D eigenvalue weighted by atomic mass is 10.1. The number of carbonyl (C=O) groups is 2. The van der Waals surface area contributed by atoms with Crippen molar-refractivity contribution in [2.24, 2.45) is 5.92 Å². The molecule has 0 saturated carbocycles. The number of hydrogen-bond acceptors (Lipinski definition) is 3. The maximum Gasteiger partial charge on any atom is 0.261 e. The van der Waals surface area contributed by atoms with Gasteiger partial charge in [-0.3, -0.25) is 9.59 Å². The van der Waals surface area contributed by atoms with Crippen molar-refractivity contribution in [2.75, 3.05) is 13.2 Å². The molecule has 0 aromatic heterocycles. The summed E-state index contributed by atoms with van der Waals surface area (Å²) in [5.41, 5.74) is 1.94. The summed E-state index contributed by atoms with van der Waals surface area (Å²) in [6, 6.07) is 12.4. The third kappa shape index (κ3) is 7.54. The Kier molecular flexibility index (Phi) is 9.85. The van der Waals surface area contributed by atoms with E-state index in [0.717, 1.165) is 16.5 Å². The molecule has 0 aliphatic rings. The largest absolute Gasteiger partial charge is 0.483 e. The minimum absolute atomic E-state index is 0.184. The lowest BCUT2D eigenvalue weighted by molar-refractivity contribution is -0.142. The Morgan fingerprint density at radius 2 is 1.87 bits per heavy atom. The van der Waals surface area contributed by atoms with Crippen molar-refractivity contribution < 1.29 is 14.3 Å². The molecule has 0 fully saturated rings. The highest BCUT2D eigenvalue weighted by Crippen LogP contribution is 2.26. The van der Waals surface area contributed by atoms with Crippen molar-refractivity contribution in [1.82, 2.24) is 10.2 Å². The molecule has 0 radical (unpaired) electrons. The summed E-state index contributed by atoms with van der Waals surface area (Å²) >= 11 is 9.80. The van der Waals surface area contributed by atoms with E-state index in [2.05, 4.69) is 28.2 Å². The van der Waals surface area contributed by atoms with E-state index in [1.807, 2.05) is 50.2 Å². The summed E-state index contributed by atoms with van der Waals surface area (Å²) in [4.78, 5) is 27.3. The Labute approximate surface area is 198 Å². The highest BCUT2D eigenvalue weighted by Gasteiger charge is 2.27. The number of nitrogens with one attached hydrogen (secondary N) is 1. The molecule has 0 aliphatic carbocycles. The second-order valence-corrected chi connectivity index (χ2v) is 9.10. The molecule has 0 aliphatic heterocycles. The van der Waals surface area contributed by atoms with Crippen molar-refractivity contribution in [2.45, 2.75) is 46.7 Å². The smallest absolute Gasteiger partial charge is 0.261 e. The predicted molar refractivity (Wildman–Crippen MR) is 128 cm³/mol. The third-order valence-electron chi connectivity index (χ3n) is 4.91. The van der Waals surface area contributed by atoms with Gasteiger partial charge in [0.25, 0.3) is 5.91 Å². The topological polar surface area (TPSA) is 58.6 Å². The van der Waals surface area contributed by atoms with E-state index in [0.29, 0.717) is 23.2 Å². The number of hydrogen-bond donors (Lipinski definition) is 1. The number of aryl methyl sites for hydroxylation is 1. The zero-order chi connectivity index (χ0) is 23.0. The molecule has 7 heteroatoms. The molecule has 0 unspecified atom stereocenters. The number of benzene rings is 2. The highest BCUT2D eigenvalue weighted by molar-refractivity contribution is 9.10. The standard InChI is InChI=1S/C24H30BrClN2O3/c1-5-18-10-11-22(20(25)12-18)31-15-23(29)28(14-19-8-6-7-9-21(19)26)17(4)24(30)27-13-16(2)3/h6-12,16-17H,5,13-15H2,1-4H3,(H,27,30)/t17-/m1/s1. The minimum atomic E-state index is -0.669. The lowest BCUT2D eigenvalue weighted by Gasteiger charge is -2.29. The molecule has 0 saturated heterocycles. The van der Waals surface area contributed by atoms with Gasteiger partial charge in [-0.2, -0.15) is 0 Å². The van der Waals surface area contributed by atoms with Crippen molar-refractivity contribution in [1.29, 1.82) is 0 Å². The molecule has 0 spiro atoms. The van der Waals surface area contributed by atoms with Crippen molar-refractivity contribution >= 4 is 39.3 Å². The van der Waals surface area contributed by atoms with Crippen LogP contribution in [0.25, 0.3) is 0 Å². The Hall–Kier alpha value is -2.05. The van der Waals surface area contributed by atoms with E-state index >= 15 is 0 Å². The zero-order valence-corrected chi connectivity index (χ0v) is 20.8. The van der Waals surface area contributed by atoms with E-state index < -0.39 is 6.04 Å². The molecular formula is C24H30BrClN2O3. The average Bonchev–Trinajstić information content (AvgIpc) is 2.75. The minimum Gasteiger partial charge on any atom is -0.483 e. The van der Waals surface area contributed by atoms with Crippen LogP contribution in [0.15, 0.2) is 46.9 Å². The molecular weight excluding hydrogens is 480 g/mol. The average molecular weight is 510 g/mol. The van der Waals surface area contributed by atoms with Gasteiger partial charge < -0.3 is 15.0 Å². The molecule has 1 N–H and O–H groups in total. The van der Waals surface area contributed by atoms with Crippen LogP contribution in [0.4, 0.5) is 0 Å². The number of halogens is 2. The van der Waals surface area contributed by atoms with Crippen LogP contribution in [-0.4, -0.2) is 35.9 Å². The Morgan fingerprint density at radius 3 is 2.48 bits per heavy atom. The van der Waals surface area contributed by atoms with Crippen LogP contribution in [-0.2, 0) is 22.6 Å². The summed E-state index contributed by atoms with van der Waals surface area (Å²) in [6.07, 6.45) is 0.909. The van der Waals surface area contributed by atoms with Gasteiger partial charge in [0.2, 0.25) is 5.91 Å². The molecule has 2 amide bonds. The van der Waals surface area contributed by atoms with E-state index in [1.54, 1.807) is 13.0 Å². The van der Waals surface area contributed by atoms with Gasteiger partial charge in [-0.05, 0) is 64.5 Å². The number of amides is 2. The normalized spacial score (nSPS) is 11.8. The van der Waals surface area contributed by atoms with Gasteiger partial charge in [0.15, 0.2) is 6.61 Å². The fourth-order valence-electron chi connectivity index (χ4n) is 2.95. The number of rotatable bonds is 10. The van der Waals surface area contributed by atoms with Gasteiger partial charge in [-0.1, -0.05) is 56.6 Å². The molecule has 1 atom stereocenters. The Bertz CT molecular complexity index is 904. The molecule has 2 aromatic carbocycles. The van der Waals surface area contributed by atoms with Crippen molar-refractivity contribution in [3.8, 4) is 5.75 Å². The predicted octanol–water partition coefficient (Wildman–Crippen LogP) is 5.23. The Balaban J connectivity index is 2.17. The lowest BCUT2D eigenvalue weighted by Crippen LogP contribution is -2.49. The first-order valence-electron chi connectivity index (χ1n) is 10.4. The van der Waals surface area contributed by atoms with Crippen LogP contribution in [0.1, 0.15) is 38.8 Å². The molecule has 31 heavy (non-hydrogen) atoms. The summed E-state index contributed by atoms with van der Waals surface area (Å²) < 4.78 is 6.56. The fraction of sp³-hybridized carbons (Fsp3) is 0.417. The molecule has 0 bridgehead atoms. The van der Waals surface area contributed by atoms with E-state index in [-0.39, 0.29) is 25.0 Å². The highest BCUT2D eigenvalue weighted by atomic mass is 79.9. The van der Waals surface area contributed by atoms with Crippen molar-refractivity contribution in [3.05, 3.63) is 63.1 Å². The van der Waals surface area contributed by atoms with E-state index in [1.165, 1.54) is 10.5 Å². The van der Waals surface area contributed by atoms with Gasteiger partial charge in [0, 0.05) is 18.1 Å². The summed E-state index contributed by atoms with van der Waals surface area (Å²) in [6.45, 7) is 8.41. The van der Waals surface area contributed by atoms with Gasteiger partial charge in [0.1, 0.15) is 11.8 Å². The maximum atomic E-state index is 13.1. The first-order chi connectivity index (χ1) is 14.7. The summed E-state index contributed by atoms with van der Waals surface area (Å²) in [5, 5.41) is 3.45. The third-order valence-corrected chi connectivity index (χ3v) is 5.89.